The van der Waals surface area contributed by atoms with Crippen molar-refractivity contribution in [1.82, 2.24) is 9.97 Å². The second kappa shape index (κ2) is 6.28. The highest BCUT2D eigenvalue weighted by atomic mass is 16.1. The number of hydrogen-bond donors (Lipinski definition) is 2. The molecule has 1 atom stereocenters. The van der Waals surface area contributed by atoms with Crippen molar-refractivity contribution in [3.63, 3.8) is 0 Å². The molecular weight excluding hydrogens is 266 g/mol. The lowest BCUT2D eigenvalue weighted by Crippen LogP contribution is -2.48. The van der Waals surface area contributed by atoms with Crippen molar-refractivity contribution in [2.75, 3.05) is 23.8 Å². The van der Waals surface area contributed by atoms with Crippen molar-refractivity contribution in [1.29, 1.82) is 0 Å². The van der Waals surface area contributed by atoms with E-state index in [-0.39, 0.29) is 17.9 Å². The minimum atomic E-state index is -0.273. The number of nitrogens with two attached hydrogens (primary N) is 1. The van der Waals surface area contributed by atoms with Crippen LogP contribution in [0.1, 0.15) is 50.4 Å². The Kier molecular flexibility index (Phi) is 4.65. The summed E-state index contributed by atoms with van der Waals surface area (Å²) >= 11 is 0. The smallest absolute Gasteiger partial charge is 0.240 e. The molecule has 1 aromatic heterocycles. The van der Waals surface area contributed by atoms with Crippen LogP contribution in [0.2, 0.25) is 0 Å². The van der Waals surface area contributed by atoms with Crippen LogP contribution >= 0.6 is 0 Å². The first-order chi connectivity index (χ1) is 9.95. The number of carbonyl (C=O) groups is 1. The summed E-state index contributed by atoms with van der Waals surface area (Å²) in [6.07, 6.45) is 2.88. The maximum atomic E-state index is 11.7. The predicted molar refractivity (Wildman–Crippen MR) is 84.6 cm³/mol. The normalized spacial score (nSPS) is 18.9. The van der Waals surface area contributed by atoms with Gasteiger partial charge in [-0.25, -0.2) is 9.97 Å². The van der Waals surface area contributed by atoms with E-state index < -0.39 is 0 Å². The van der Waals surface area contributed by atoms with Crippen molar-refractivity contribution in [3.8, 4) is 0 Å². The Bertz CT molecular complexity index is 529. The van der Waals surface area contributed by atoms with Gasteiger partial charge in [0.05, 0.1) is 0 Å². The summed E-state index contributed by atoms with van der Waals surface area (Å²) < 4.78 is 0. The SMILES string of the molecule is CNc1nc(C(C)C)nc(N2CCCCC2C(N)=O)c1C. The van der Waals surface area contributed by atoms with Gasteiger partial charge in [0.1, 0.15) is 23.5 Å². The molecule has 0 spiro atoms. The van der Waals surface area contributed by atoms with Gasteiger partial charge in [0.15, 0.2) is 0 Å². The molecule has 0 aromatic carbocycles. The van der Waals surface area contributed by atoms with E-state index >= 15 is 0 Å². The first-order valence-electron chi connectivity index (χ1n) is 7.58. The Morgan fingerprint density at radius 1 is 1.38 bits per heavy atom. The lowest BCUT2D eigenvalue weighted by atomic mass is 10.0. The van der Waals surface area contributed by atoms with E-state index in [1.54, 1.807) is 0 Å². The maximum Gasteiger partial charge on any atom is 0.240 e. The largest absolute Gasteiger partial charge is 0.373 e. The van der Waals surface area contributed by atoms with E-state index in [9.17, 15) is 4.79 Å². The van der Waals surface area contributed by atoms with Gasteiger partial charge in [0.25, 0.3) is 0 Å². The lowest BCUT2D eigenvalue weighted by molar-refractivity contribution is -0.119. The summed E-state index contributed by atoms with van der Waals surface area (Å²) in [5.74, 6) is 2.39. The quantitative estimate of drug-likeness (QED) is 0.883. The van der Waals surface area contributed by atoms with Gasteiger partial charge in [0.2, 0.25) is 5.91 Å². The molecule has 2 rings (SSSR count). The van der Waals surface area contributed by atoms with Crippen LogP contribution in [-0.2, 0) is 4.79 Å². The number of nitrogens with zero attached hydrogens (tertiary/aromatic N) is 3. The van der Waals surface area contributed by atoms with Crippen LogP contribution in [-0.4, -0.2) is 35.5 Å². The van der Waals surface area contributed by atoms with Crippen LogP contribution in [0.4, 0.5) is 11.6 Å². The lowest BCUT2D eigenvalue weighted by Gasteiger charge is -2.36. The molecule has 0 aliphatic carbocycles. The van der Waals surface area contributed by atoms with Gasteiger partial charge in [-0.15, -0.1) is 0 Å². The highest BCUT2D eigenvalue weighted by Crippen LogP contribution is 2.30. The third-order valence-electron chi connectivity index (χ3n) is 3.99. The second-order valence-electron chi connectivity index (χ2n) is 5.89. The number of rotatable bonds is 4. The summed E-state index contributed by atoms with van der Waals surface area (Å²) in [6.45, 7) is 6.93. The molecule has 6 heteroatoms. The fourth-order valence-electron chi connectivity index (χ4n) is 2.78. The number of nitrogens with one attached hydrogen (secondary N) is 1. The van der Waals surface area contributed by atoms with Crippen LogP contribution in [0.15, 0.2) is 0 Å². The molecule has 1 unspecified atom stereocenters. The van der Waals surface area contributed by atoms with Gasteiger partial charge in [0, 0.05) is 25.1 Å². The summed E-state index contributed by atoms with van der Waals surface area (Å²) in [5, 5.41) is 3.12. The molecule has 1 aromatic rings. The molecule has 0 radical (unpaired) electrons. The number of amides is 1. The van der Waals surface area contributed by atoms with Gasteiger partial charge < -0.3 is 16.0 Å². The molecule has 1 saturated heterocycles. The molecule has 1 aliphatic heterocycles. The highest BCUT2D eigenvalue weighted by molar-refractivity contribution is 5.84. The van der Waals surface area contributed by atoms with Gasteiger partial charge in [-0.3, -0.25) is 4.79 Å². The standard InChI is InChI=1S/C15H25N5O/c1-9(2)13-18-14(17-4)10(3)15(19-13)20-8-6-5-7-11(20)12(16)21/h9,11H,5-8H2,1-4H3,(H2,16,21)(H,17,18,19). The Hall–Kier alpha value is -1.85. The van der Waals surface area contributed by atoms with Crippen molar-refractivity contribution in [2.45, 2.75) is 52.0 Å². The molecule has 116 valence electrons. The molecule has 0 saturated carbocycles. The number of piperidine rings is 1. The van der Waals surface area contributed by atoms with Gasteiger partial charge in [-0.2, -0.15) is 0 Å². The molecular formula is C15H25N5O. The molecule has 6 nitrogen and oxygen atoms in total. The monoisotopic (exact) mass is 291 g/mol. The number of aromatic nitrogens is 2. The molecule has 2 heterocycles. The number of primary amides is 1. The first-order valence-corrected chi connectivity index (χ1v) is 7.58. The Morgan fingerprint density at radius 2 is 2.10 bits per heavy atom. The van der Waals surface area contributed by atoms with Crippen LogP contribution in [0.25, 0.3) is 0 Å². The van der Waals surface area contributed by atoms with E-state index in [4.69, 9.17) is 10.7 Å². The van der Waals surface area contributed by atoms with Crippen molar-refractivity contribution < 1.29 is 4.79 Å². The second-order valence-corrected chi connectivity index (χ2v) is 5.89. The van der Waals surface area contributed by atoms with Crippen LogP contribution in [0.5, 0.6) is 0 Å². The molecule has 0 bridgehead atoms. The molecule has 1 amide bonds. The Balaban J connectivity index is 2.49. The van der Waals surface area contributed by atoms with Crippen LogP contribution in [0.3, 0.4) is 0 Å². The molecule has 1 aliphatic rings. The summed E-state index contributed by atoms with van der Waals surface area (Å²) in [6, 6.07) is -0.267. The fraction of sp³-hybridized carbons (Fsp3) is 0.667. The summed E-state index contributed by atoms with van der Waals surface area (Å²) in [4.78, 5) is 23.0. The number of hydrogen-bond acceptors (Lipinski definition) is 5. The van der Waals surface area contributed by atoms with Gasteiger partial charge in [-0.05, 0) is 26.2 Å². The summed E-state index contributed by atoms with van der Waals surface area (Å²) in [5.41, 5.74) is 6.54. The van der Waals surface area contributed by atoms with E-state index in [1.807, 2.05) is 14.0 Å². The van der Waals surface area contributed by atoms with E-state index in [0.717, 1.165) is 48.8 Å². The maximum absolute atomic E-state index is 11.7. The molecule has 21 heavy (non-hydrogen) atoms. The van der Waals surface area contributed by atoms with Crippen molar-refractivity contribution in [2.24, 2.45) is 5.73 Å². The van der Waals surface area contributed by atoms with Crippen LogP contribution in [0, 0.1) is 6.92 Å². The van der Waals surface area contributed by atoms with Gasteiger partial charge in [-0.1, -0.05) is 13.8 Å². The number of carbonyl (C=O) groups excluding carboxylic acids is 1. The topological polar surface area (TPSA) is 84.1 Å². The average molecular weight is 291 g/mol. The zero-order valence-electron chi connectivity index (χ0n) is 13.3. The third kappa shape index (κ3) is 3.09. The van der Waals surface area contributed by atoms with E-state index in [0.29, 0.717) is 0 Å². The van der Waals surface area contributed by atoms with Crippen molar-refractivity contribution >= 4 is 17.5 Å². The predicted octanol–water partition coefficient (Wildman–Crippen LogP) is 1.79. The van der Waals surface area contributed by atoms with E-state index in [1.165, 1.54) is 0 Å². The zero-order valence-corrected chi connectivity index (χ0v) is 13.3. The zero-order chi connectivity index (χ0) is 15.6. The average Bonchev–Trinajstić information content (AvgIpc) is 2.47. The molecule has 1 fully saturated rings. The fourth-order valence-corrected chi connectivity index (χ4v) is 2.78. The third-order valence-corrected chi connectivity index (χ3v) is 3.99. The minimum absolute atomic E-state index is 0.230. The Morgan fingerprint density at radius 3 is 2.67 bits per heavy atom. The molecule has 3 N–H and O–H groups in total. The first kappa shape index (κ1) is 15.5. The number of anilines is 2. The highest BCUT2D eigenvalue weighted by Gasteiger charge is 2.30. The van der Waals surface area contributed by atoms with Crippen LogP contribution < -0.4 is 16.0 Å². The van der Waals surface area contributed by atoms with Crippen molar-refractivity contribution in [3.05, 3.63) is 11.4 Å². The minimum Gasteiger partial charge on any atom is -0.373 e. The van der Waals surface area contributed by atoms with E-state index in [2.05, 4.69) is 29.0 Å². The van der Waals surface area contributed by atoms with Gasteiger partial charge >= 0.3 is 0 Å². The Labute approximate surface area is 126 Å². The summed E-state index contributed by atoms with van der Waals surface area (Å²) in [7, 11) is 1.85.